The lowest BCUT2D eigenvalue weighted by Crippen LogP contribution is -2.39. The summed E-state index contributed by atoms with van der Waals surface area (Å²) in [6, 6.07) is 0. The standard InChI is InChI=1S/C10H17NO6/c1-7(17-2)3-4-8(12)11(5-9(13)14)6-10(15)16/h7H,3-6H2,1-2H3,(H,13,14)(H,15,16). The second-order valence-electron chi connectivity index (χ2n) is 3.62. The van der Waals surface area contributed by atoms with E-state index in [1.165, 1.54) is 7.11 Å². The molecule has 7 heteroatoms. The number of nitrogens with zero attached hydrogens (tertiary/aromatic N) is 1. The maximum atomic E-state index is 11.6. The first-order valence-electron chi connectivity index (χ1n) is 5.11. The summed E-state index contributed by atoms with van der Waals surface area (Å²) in [5.74, 6) is -2.97. The highest BCUT2D eigenvalue weighted by molar-refractivity contribution is 5.85. The molecule has 0 aliphatic heterocycles. The van der Waals surface area contributed by atoms with Crippen molar-refractivity contribution in [3.8, 4) is 0 Å². The maximum absolute atomic E-state index is 11.6. The number of amides is 1. The van der Waals surface area contributed by atoms with E-state index in [-0.39, 0.29) is 12.5 Å². The Bertz CT molecular complexity index is 275. The Morgan fingerprint density at radius 1 is 1.18 bits per heavy atom. The van der Waals surface area contributed by atoms with Gasteiger partial charge in [-0.15, -0.1) is 0 Å². The fraction of sp³-hybridized carbons (Fsp3) is 0.700. The van der Waals surface area contributed by atoms with Crippen molar-refractivity contribution in [2.45, 2.75) is 25.9 Å². The average molecular weight is 247 g/mol. The van der Waals surface area contributed by atoms with Gasteiger partial charge in [-0.2, -0.15) is 0 Å². The average Bonchev–Trinajstić information content (AvgIpc) is 2.23. The zero-order valence-electron chi connectivity index (χ0n) is 9.88. The molecule has 0 heterocycles. The smallest absolute Gasteiger partial charge is 0.323 e. The molecular weight excluding hydrogens is 230 g/mol. The second kappa shape index (κ2) is 7.61. The quantitative estimate of drug-likeness (QED) is 0.615. The molecule has 0 fully saturated rings. The van der Waals surface area contributed by atoms with Gasteiger partial charge in [0.2, 0.25) is 5.91 Å². The number of rotatable bonds is 8. The Morgan fingerprint density at radius 3 is 2.00 bits per heavy atom. The summed E-state index contributed by atoms with van der Waals surface area (Å²) >= 11 is 0. The van der Waals surface area contributed by atoms with Crippen LogP contribution >= 0.6 is 0 Å². The highest BCUT2D eigenvalue weighted by atomic mass is 16.5. The number of carboxylic acid groups (broad SMARTS) is 2. The molecule has 0 aliphatic rings. The summed E-state index contributed by atoms with van der Waals surface area (Å²) in [5.41, 5.74) is 0. The SMILES string of the molecule is COC(C)CCC(=O)N(CC(=O)O)CC(=O)O. The topological polar surface area (TPSA) is 104 Å². The van der Waals surface area contributed by atoms with Crippen LogP contribution < -0.4 is 0 Å². The predicted molar refractivity (Wildman–Crippen MR) is 57.6 cm³/mol. The minimum atomic E-state index is -1.24. The van der Waals surface area contributed by atoms with Crippen LogP contribution in [0.25, 0.3) is 0 Å². The Morgan fingerprint density at radius 2 is 1.65 bits per heavy atom. The van der Waals surface area contributed by atoms with E-state index in [0.717, 1.165) is 4.90 Å². The molecule has 7 nitrogen and oxygen atoms in total. The molecule has 1 amide bonds. The zero-order valence-corrected chi connectivity index (χ0v) is 9.88. The van der Waals surface area contributed by atoms with Gasteiger partial charge in [0.1, 0.15) is 13.1 Å². The fourth-order valence-corrected chi connectivity index (χ4v) is 1.16. The molecule has 0 radical (unpaired) electrons. The van der Waals surface area contributed by atoms with Crippen LogP contribution in [-0.2, 0) is 19.1 Å². The Balaban J connectivity index is 4.31. The van der Waals surface area contributed by atoms with Gasteiger partial charge in [-0.25, -0.2) is 0 Å². The molecule has 1 atom stereocenters. The summed E-state index contributed by atoms with van der Waals surface area (Å²) in [5, 5.41) is 17.1. The van der Waals surface area contributed by atoms with Crippen LogP contribution in [0.2, 0.25) is 0 Å². The summed E-state index contributed by atoms with van der Waals surface area (Å²) in [6.07, 6.45) is 0.358. The summed E-state index contributed by atoms with van der Waals surface area (Å²) in [6.45, 7) is 0.561. The van der Waals surface area contributed by atoms with Crippen molar-refractivity contribution in [3.05, 3.63) is 0 Å². The van der Waals surface area contributed by atoms with Gasteiger partial charge in [0.15, 0.2) is 0 Å². The number of carbonyl (C=O) groups is 3. The van der Waals surface area contributed by atoms with Gasteiger partial charge < -0.3 is 19.8 Å². The Hall–Kier alpha value is -1.63. The van der Waals surface area contributed by atoms with E-state index in [9.17, 15) is 14.4 Å². The van der Waals surface area contributed by atoms with Gasteiger partial charge in [0, 0.05) is 13.5 Å². The highest BCUT2D eigenvalue weighted by Gasteiger charge is 2.19. The van der Waals surface area contributed by atoms with Crippen LogP contribution in [0.1, 0.15) is 19.8 Å². The van der Waals surface area contributed by atoms with Crippen molar-refractivity contribution in [2.24, 2.45) is 0 Å². The summed E-state index contributed by atoms with van der Waals surface area (Å²) < 4.78 is 4.94. The van der Waals surface area contributed by atoms with Gasteiger partial charge in [0.25, 0.3) is 0 Å². The number of carbonyl (C=O) groups excluding carboxylic acids is 1. The lowest BCUT2D eigenvalue weighted by molar-refractivity contribution is -0.149. The first-order chi connectivity index (χ1) is 7.86. The molecule has 0 aromatic carbocycles. The highest BCUT2D eigenvalue weighted by Crippen LogP contribution is 2.04. The summed E-state index contributed by atoms with van der Waals surface area (Å²) in [7, 11) is 1.50. The van der Waals surface area contributed by atoms with Crippen molar-refractivity contribution in [1.82, 2.24) is 4.90 Å². The van der Waals surface area contributed by atoms with Gasteiger partial charge in [-0.05, 0) is 13.3 Å². The molecule has 0 aromatic heterocycles. The number of carboxylic acids is 2. The molecule has 0 saturated heterocycles. The molecule has 17 heavy (non-hydrogen) atoms. The van der Waals surface area contributed by atoms with E-state index < -0.39 is 30.9 Å². The fourth-order valence-electron chi connectivity index (χ4n) is 1.16. The molecule has 0 rings (SSSR count). The lowest BCUT2D eigenvalue weighted by atomic mass is 10.2. The first-order valence-corrected chi connectivity index (χ1v) is 5.11. The Labute approximate surface area is 99.0 Å². The molecule has 98 valence electrons. The molecule has 0 aromatic rings. The molecule has 1 unspecified atom stereocenters. The van der Waals surface area contributed by atoms with Crippen LogP contribution in [-0.4, -0.2) is 59.3 Å². The van der Waals surface area contributed by atoms with E-state index in [0.29, 0.717) is 6.42 Å². The number of aliphatic carboxylic acids is 2. The molecule has 0 bridgehead atoms. The van der Waals surface area contributed by atoms with Crippen LogP contribution in [0.15, 0.2) is 0 Å². The van der Waals surface area contributed by atoms with E-state index in [4.69, 9.17) is 14.9 Å². The third-order valence-corrected chi connectivity index (χ3v) is 2.17. The molecular formula is C10H17NO6. The van der Waals surface area contributed by atoms with Gasteiger partial charge >= 0.3 is 11.9 Å². The number of methoxy groups -OCH3 is 1. The number of hydrogen-bond acceptors (Lipinski definition) is 4. The molecule has 2 N–H and O–H groups in total. The van der Waals surface area contributed by atoms with Crippen molar-refractivity contribution in [3.63, 3.8) is 0 Å². The first kappa shape index (κ1) is 15.4. The van der Waals surface area contributed by atoms with Crippen LogP contribution in [0.5, 0.6) is 0 Å². The van der Waals surface area contributed by atoms with Gasteiger partial charge in [-0.3, -0.25) is 14.4 Å². The van der Waals surface area contributed by atoms with E-state index in [1.54, 1.807) is 6.92 Å². The normalized spacial score (nSPS) is 11.9. The van der Waals surface area contributed by atoms with E-state index in [2.05, 4.69) is 0 Å². The van der Waals surface area contributed by atoms with Crippen LogP contribution in [0, 0.1) is 0 Å². The summed E-state index contributed by atoms with van der Waals surface area (Å²) in [4.78, 5) is 33.3. The van der Waals surface area contributed by atoms with Gasteiger partial charge in [0.05, 0.1) is 6.10 Å². The van der Waals surface area contributed by atoms with Crippen molar-refractivity contribution < 1.29 is 29.3 Å². The minimum Gasteiger partial charge on any atom is -0.480 e. The van der Waals surface area contributed by atoms with Gasteiger partial charge in [-0.1, -0.05) is 0 Å². The molecule has 0 saturated carbocycles. The molecule has 0 aliphatic carbocycles. The maximum Gasteiger partial charge on any atom is 0.323 e. The van der Waals surface area contributed by atoms with Crippen LogP contribution in [0.3, 0.4) is 0 Å². The zero-order chi connectivity index (χ0) is 13.4. The van der Waals surface area contributed by atoms with Crippen LogP contribution in [0.4, 0.5) is 0 Å². The van der Waals surface area contributed by atoms with E-state index in [1.807, 2.05) is 0 Å². The van der Waals surface area contributed by atoms with Crippen molar-refractivity contribution >= 4 is 17.8 Å². The van der Waals surface area contributed by atoms with E-state index >= 15 is 0 Å². The monoisotopic (exact) mass is 247 g/mol. The second-order valence-corrected chi connectivity index (χ2v) is 3.62. The molecule has 0 spiro atoms. The Kier molecular flexibility index (Phi) is 6.88. The van der Waals surface area contributed by atoms with Crippen molar-refractivity contribution in [1.29, 1.82) is 0 Å². The number of ether oxygens (including phenoxy) is 1. The predicted octanol–water partition coefficient (Wildman–Crippen LogP) is -0.201. The van der Waals surface area contributed by atoms with Crippen molar-refractivity contribution in [2.75, 3.05) is 20.2 Å². The minimum absolute atomic E-state index is 0.0650. The lowest BCUT2D eigenvalue weighted by Gasteiger charge is -2.19. The third kappa shape index (κ3) is 7.29. The third-order valence-electron chi connectivity index (χ3n) is 2.17. The largest absolute Gasteiger partial charge is 0.480 e. The number of hydrogen-bond donors (Lipinski definition) is 2.